The Morgan fingerprint density at radius 2 is 2.33 bits per heavy atom. The van der Waals surface area contributed by atoms with Crippen LogP contribution >= 0.6 is 0 Å². The summed E-state index contributed by atoms with van der Waals surface area (Å²) in [5.74, 6) is 0.815. The van der Waals surface area contributed by atoms with Crippen molar-refractivity contribution < 1.29 is 9.53 Å². The number of amides is 1. The fraction of sp³-hybridized carbons (Fsp3) is 0.375. The largest absolute Gasteiger partial charge is 0.492 e. The Hall–Kier alpha value is -2.30. The Morgan fingerprint density at radius 1 is 1.48 bits per heavy atom. The van der Waals surface area contributed by atoms with Gasteiger partial charge >= 0.3 is 0 Å². The zero-order valence-electron chi connectivity index (χ0n) is 12.0. The fourth-order valence-corrected chi connectivity index (χ4v) is 2.59. The van der Waals surface area contributed by atoms with Crippen LogP contribution in [0.3, 0.4) is 0 Å². The molecule has 1 aromatic carbocycles. The van der Waals surface area contributed by atoms with Gasteiger partial charge < -0.3 is 10.1 Å². The third kappa shape index (κ3) is 3.24. The van der Waals surface area contributed by atoms with E-state index in [1.165, 1.54) is 0 Å². The number of hydrogen-bond acceptors (Lipinski definition) is 3. The van der Waals surface area contributed by atoms with Gasteiger partial charge in [-0.05, 0) is 31.0 Å². The molecule has 1 aliphatic rings. The maximum Gasteiger partial charge on any atom is 0.227 e. The molecule has 5 heteroatoms. The van der Waals surface area contributed by atoms with E-state index in [-0.39, 0.29) is 17.9 Å². The van der Waals surface area contributed by atoms with E-state index in [9.17, 15) is 4.79 Å². The molecule has 3 rings (SSSR count). The lowest BCUT2D eigenvalue weighted by atomic mass is 9.96. The molecule has 1 aliphatic heterocycles. The molecule has 110 valence electrons. The summed E-state index contributed by atoms with van der Waals surface area (Å²) in [5, 5.41) is 7.19. The maximum absolute atomic E-state index is 12.3. The summed E-state index contributed by atoms with van der Waals surface area (Å²) in [5.41, 5.74) is 1.10. The van der Waals surface area contributed by atoms with Gasteiger partial charge in [0.25, 0.3) is 0 Å². The van der Waals surface area contributed by atoms with Crippen molar-refractivity contribution in [3.05, 3.63) is 48.3 Å². The Labute approximate surface area is 123 Å². The van der Waals surface area contributed by atoms with E-state index in [1.54, 1.807) is 6.20 Å². The van der Waals surface area contributed by atoms with Gasteiger partial charge in [0.2, 0.25) is 5.91 Å². The molecule has 0 bridgehead atoms. The molecule has 0 radical (unpaired) electrons. The molecule has 1 N–H and O–H groups in total. The number of nitrogens with one attached hydrogen (secondary N) is 1. The van der Waals surface area contributed by atoms with E-state index in [0.717, 1.165) is 17.7 Å². The zero-order chi connectivity index (χ0) is 14.7. The third-order valence-corrected chi connectivity index (χ3v) is 3.66. The summed E-state index contributed by atoms with van der Waals surface area (Å²) < 4.78 is 7.48. The van der Waals surface area contributed by atoms with Crippen LogP contribution in [0.4, 0.5) is 0 Å². The van der Waals surface area contributed by atoms with E-state index in [0.29, 0.717) is 13.2 Å². The van der Waals surface area contributed by atoms with E-state index in [2.05, 4.69) is 10.4 Å². The van der Waals surface area contributed by atoms with Gasteiger partial charge in [-0.2, -0.15) is 5.10 Å². The lowest BCUT2D eigenvalue weighted by Gasteiger charge is -2.25. The molecular formula is C16H19N3O2. The van der Waals surface area contributed by atoms with Gasteiger partial charge in [0.05, 0.1) is 12.5 Å². The molecule has 0 spiro atoms. The molecule has 2 heterocycles. The van der Waals surface area contributed by atoms with Crippen LogP contribution in [-0.4, -0.2) is 28.3 Å². The van der Waals surface area contributed by atoms with Crippen LogP contribution in [-0.2, 0) is 17.8 Å². The molecule has 0 saturated heterocycles. The SMILES string of the molecule is C[C@@H](Cn1cccn1)NC(=O)[C@@H]1COc2ccccc2C1. The van der Waals surface area contributed by atoms with E-state index >= 15 is 0 Å². The fourth-order valence-electron chi connectivity index (χ4n) is 2.59. The van der Waals surface area contributed by atoms with Crippen LogP contribution in [0.2, 0.25) is 0 Å². The summed E-state index contributed by atoms with van der Waals surface area (Å²) in [6, 6.07) is 9.80. The quantitative estimate of drug-likeness (QED) is 0.929. The second-order valence-electron chi connectivity index (χ2n) is 5.46. The lowest BCUT2D eigenvalue weighted by Crippen LogP contribution is -2.43. The molecule has 21 heavy (non-hydrogen) atoms. The highest BCUT2D eigenvalue weighted by Crippen LogP contribution is 2.26. The number of hydrogen-bond donors (Lipinski definition) is 1. The molecule has 2 aromatic rings. The molecule has 0 unspecified atom stereocenters. The Balaban J connectivity index is 1.56. The predicted molar refractivity (Wildman–Crippen MR) is 79.0 cm³/mol. The minimum Gasteiger partial charge on any atom is -0.492 e. The predicted octanol–water partition coefficient (Wildman–Crippen LogP) is 1.64. The maximum atomic E-state index is 12.3. The van der Waals surface area contributed by atoms with E-state index < -0.39 is 0 Å². The molecule has 0 saturated carbocycles. The van der Waals surface area contributed by atoms with Crippen LogP contribution in [0, 0.1) is 5.92 Å². The van der Waals surface area contributed by atoms with Crippen molar-refractivity contribution >= 4 is 5.91 Å². The van der Waals surface area contributed by atoms with Crippen molar-refractivity contribution in [3.63, 3.8) is 0 Å². The lowest BCUT2D eigenvalue weighted by molar-refractivity contribution is -0.127. The number of fused-ring (bicyclic) bond motifs is 1. The van der Waals surface area contributed by atoms with Crippen molar-refractivity contribution in [2.75, 3.05) is 6.61 Å². The minimum atomic E-state index is -0.125. The number of rotatable bonds is 4. The molecule has 0 aliphatic carbocycles. The number of benzene rings is 1. The molecule has 1 amide bonds. The topological polar surface area (TPSA) is 56.2 Å². The molecule has 5 nitrogen and oxygen atoms in total. The molecule has 0 fully saturated rings. The number of nitrogens with zero attached hydrogens (tertiary/aromatic N) is 2. The van der Waals surface area contributed by atoms with Crippen molar-refractivity contribution in [2.45, 2.75) is 25.9 Å². The van der Waals surface area contributed by atoms with E-state index in [4.69, 9.17) is 4.74 Å². The van der Waals surface area contributed by atoms with Gasteiger partial charge in [-0.25, -0.2) is 0 Å². The average molecular weight is 285 g/mol. The van der Waals surface area contributed by atoms with Crippen LogP contribution in [0.15, 0.2) is 42.7 Å². The first kappa shape index (κ1) is 13.7. The Kier molecular flexibility index (Phi) is 3.90. The monoisotopic (exact) mass is 285 g/mol. The minimum absolute atomic E-state index is 0.0366. The molecule has 2 atom stereocenters. The molecular weight excluding hydrogens is 266 g/mol. The zero-order valence-corrected chi connectivity index (χ0v) is 12.0. The van der Waals surface area contributed by atoms with Gasteiger partial charge in [0.1, 0.15) is 12.4 Å². The summed E-state index contributed by atoms with van der Waals surface area (Å²) in [6.07, 6.45) is 4.36. The van der Waals surface area contributed by atoms with Crippen molar-refractivity contribution in [1.82, 2.24) is 15.1 Å². The van der Waals surface area contributed by atoms with Gasteiger partial charge in [0.15, 0.2) is 0 Å². The average Bonchev–Trinajstić information content (AvgIpc) is 2.99. The van der Waals surface area contributed by atoms with Crippen LogP contribution in [0.5, 0.6) is 5.75 Å². The highest BCUT2D eigenvalue weighted by Gasteiger charge is 2.26. The Morgan fingerprint density at radius 3 is 3.14 bits per heavy atom. The van der Waals surface area contributed by atoms with E-state index in [1.807, 2.05) is 48.1 Å². The van der Waals surface area contributed by atoms with Gasteiger partial charge in [-0.15, -0.1) is 0 Å². The number of carbonyl (C=O) groups excluding carboxylic acids is 1. The van der Waals surface area contributed by atoms with Crippen LogP contribution < -0.4 is 10.1 Å². The Bertz CT molecular complexity index is 610. The van der Waals surface area contributed by atoms with Gasteiger partial charge in [0, 0.05) is 18.4 Å². The van der Waals surface area contributed by atoms with Gasteiger partial charge in [-0.1, -0.05) is 18.2 Å². The number of carbonyl (C=O) groups is 1. The molecule has 1 aromatic heterocycles. The van der Waals surface area contributed by atoms with Gasteiger partial charge in [-0.3, -0.25) is 9.48 Å². The smallest absolute Gasteiger partial charge is 0.227 e. The summed E-state index contributed by atoms with van der Waals surface area (Å²) in [6.45, 7) is 3.09. The number of ether oxygens (including phenoxy) is 1. The standard InChI is InChI=1S/C16H19N3O2/c1-12(10-19-8-4-7-17-19)18-16(20)14-9-13-5-2-3-6-15(13)21-11-14/h2-8,12,14H,9-11H2,1H3,(H,18,20)/t12-,14-/m0/s1. The number of para-hydroxylation sites is 1. The normalized spacial score (nSPS) is 18.4. The highest BCUT2D eigenvalue weighted by atomic mass is 16.5. The van der Waals surface area contributed by atoms with Crippen LogP contribution in [0.1, 0.15) is 12.5 Å². The summed E-state index contributed by atoms with van der Waals surface area (Å²) in [7, 11) is 0. The third-order valence-electron chi connectivity index (χ3n) is 3.66. The second-order valence-corrected chi connectivity index (χ2v) is 5.46. The first-order valence-electron chi connectivity index (χ1n) is 7.21. The first-order valence-corrected chi connectivity index (χ1v) is 7.21. The van der Waals surface area contributed by atoms with Crippen molar-refractivity contribution in [3.8, 4) is 5.75 Å². The van der Waals surface area contributed by atoms with Crippen LogP contribution in [0.25, 0.3) is 0 Å². The number of aromatic nitrogens is 2. The highest BCUT2D eigenvalue weighted by molar-refractivity contribution is 5.79. The first-order chi connectivity index (χ1) is 10.2. The summed E-state index contributed by atoms with van der Waals surface area (Å²) >= 11 is 0. The van der Waals surface area contributed by atoms with Crippen molar-refractivity contribution in [1.29, 1.82) is 0 Å². The van der Waals surface area contributed by atoms with Crippen molar-refractivity contribution in [2.24, 2.45) is 5.92 Å². The second kappa shape index (κ2) is 5.99. The summed E-state index contributed by atoms with van der Waals surface area (Å²) in [4.78, 5) is 12.3.